The van der Waals surface area contributed by atoms with E-state index in [1.165, 1.54) is 0 Å². The maximum absolute atomic E-state index is 9.46. The Morgan fingerprint density at radius 3 is 2.73 bits per heavy atom. The molecular weight excluding hydrogens is 188 g/mol. The van der Waals surface area contributed by atoms with Crippen LogP contribution >= 0.6 is 0 Å². The van der Waals surface area contributed by atoms with Crippen LogP contribution in [0.25, 0.3) is 6.08 Å². The summed E-state index contributed by atoms with van der Waals surface area (Å²) in [4.78, 5) is 0. The number of aliphatic hydroxyl groups is 1. The summed E-state index contributed by atoms with van der Waals surface area (Å²) in [6, 6.07) is 8.06. The summed E-state index contributed by atoms with van der Waals surface area (Å²) in [7, 11) is 0. The fourth-order valence-electron chi connectivity index (χ4n) is 1.77. The second kappa shape index (κ2) is 2.92. The van der Waals surface area contributed by atoms with Crippen molar-refractivity contribution in [1.29, 1.82) is 0 Å². The fourth-order valence-corrected chi connectivity index (χ4v) is 1.77. The molecular formula is C12H10N2O. The van der Waals surface area contributed by atoms with Crippen molar-refractivity contribution < 1.29 is 5.11 Å². The molecule has 0 bridgehead atoms. The Bertz CT molecular complexity index is 488. The quantitative estimate of drug-likeness (QED) is 0.694. The van der Waals surface area contributed by atoms with E-state index in [9.17, 15) is 5.11 Å². The lowest BCUT2D eigenvalue weighted by atomic mass is 10.1. The molecule has 0 radical (unpaired) electrons. The first kappa shape index (κ1) is 8.17. The molecule has 2 aliphatic heterocycles. The highest BCUT2D eigenvalue weighted by atomic mass is 16.3. The highest BCUT2D eigenvalue weighted by Gasteiger charge is 2.18. The molecule has 15 heavy (non-hydrogen) atoms. The van der Waals surface area contributed by atoms with Gasteiger partial charge in [-0.1, -0.05) is 18.2 Å². The van der Waals surface area contributed by atoms with Crippen molar-refractivity contribution in [1.82, 2.24) is 5.01 Å². The minimum atomic E-state index is 0.261. The van der Waals surface area contributed by atoms with Gasteiger partial charge < -0.3 is 5.11 Å². The Morgan fingerprint density at radius 1 is 1.00 bits per heavy atom. The molecule has 1 aromatic carbocycles. The molecule has 1 N–H and O–H groups in total. The van der Waals surface area contributed by atoms with Crippen LogP contribution < -0.4 is 5.01 Å². The van der Waals surface area contributed by atoms with Crippen molar-refractivity contribution >= 4 is 11.8 Å². The van der Waals surface area contributed by atoms with E-state index in [1.54, 1.807) is 12.3 Å². The number of rotatable bonds is 0. The van der Waals surface area contributed by atoms with Crippen molar-refractivity contribution in [2.45, 2.75) is 0 Å². The molecule has 3 rings (SSSR count). The SMILES string of the molecule is OC1=CN2c3ccccc3C=CN2C=C1. The van der Waals surface area contributed by atoms with E-state index in [4.69, 9.17) is 0 Å². The topological polar surface area (TPSA) is 26.7 Å². The number of hydrazine groups is 1. The molecule has 0 saturated carbocycles. The molecule has 0 amide bonds. The minimum Gasteiger partial charge on any atom is -0.506 e. The molecule has 2 aliphatic rings. The van der Waals surface area contributed by atoms with Crippen molar-refractivity contribution in [2.75, 3.05) is 5.01 Å². The number of allylic oxidation sites excluding steroid dienone is 1. The zero-order valence-electron chi connectivity index (χ0n) is 8.04. The number of benzene rings is 1. The summed E-state index contributed by atoms with van der Waals surface area (Å²) in [6.45, 7) is 0. The highest BCUT2D eigenvalue weighted by Crippen LogP contribution is 2.30. The molecule has 3 nitrogen and oxygen atoms in total. The van der Waals surface area contributed by atoms with Gasteiger partial charge in [-0.2, -0.15) is 0 Å². The van der Waals surface area contributed by atoms with Crippen LogP contribution in [0, 0.1) is 0 Å². The standard InChI is InChI=1S/C12H10N2O/c15-11-6-8-13-7-5-10-3-1-2-4-12(10)14(13)9-11/h1-9,15H. The zero-order chi connectivity index (χ0) is 10.3. The third kappa shape index (κ3) is 1.21. The number of nitrogens with zero attached hydrogens (tertiary/aromatic N) is 2. The third-order valence-corrected chi connectivity index (χ3v) is 2.49. The van der Waals surface area contributed by atoms with E-state index in [-0.39, 0.29) is 5.76 Å². The first-order chi connectivity index (χ1) is 7.34. The molecule has 0 spiro atoms. The second-order valence-corrected chi connectivity index (χ2v) is 3.47. The van der Waals surface area contributed by atoms with E-state index in [0.29, 0.717) is 0 Å². The lowest BCUT2D eigenvalue weighted by Gasteiger charge is -2.36. The monoisotopic (exact) mass is 198 g/mol. The molecule has 0 unspecified atom stereocenters. The van der Waals surface area contributed by atoms with Crippen molar-refractivity contribution in [3.8, 4) is 0 Å². The average molecular weight is 198 g/mol. The molecule has 0 aliphatic carbocycles. The predicted octanol–water partition coefficient (Wildman–Crippen LogP) is 2.62. The van der Waals surface area contributed by atoms with Crippen molar-refractivity contribution in [2.24, 2.45) is 0 Å². The Labute approximate surface area is 87.8 Å². The Kier molecular flexibility index (Phi) is 1.59. The first-order valence-electron chi connectivity index (χ1n) is 4.78. The molecule has 0 saturated heterocycles. The van der Waals surface area contributed by atoms with Gasteiger partial charge in [0.1, 0.15) is 5.76 Å². The lowest BCUT2D eigenvalue weighted by molar-refractivity contribution is 0.402. The number of anilines is 1. The number of hydrogen-bond acceptors (Lipinski definition) is 3. The van der Waals surface area contributed by atoms with Crippen LogP contribution in [0.1, 0.15) is 5.56 Å². The van der Waals surface area contributed by atoms with Crippen LogP contribution in [-0.2, 0) is 0 Å². The van der Waals surface area contributed by atoms with Crippen molar-refractivity contribution in [3.63, 3.8) is 0 Å². The zero-order valence-corrected chi connectivity index (χ0v) is 8.04. The fraction of sp³-hybridized carbons (Fsp3) is 0. The van der Waals surface area contributed by atoms with Gasteiger partial charge in [0.25, 0.3) is 0 Å². The average Bonchev–Trinajstić information content (AvgIpc) is 2.29. The summed E-state index contributed by atoms with van der Waals surface area (Å²) >= 11 is 0. The Balaban J connectivity index is 2.14. The minimum absolute atomic E-state index is 0.261. The largest absolute Gasteiger partial charge is 0.506 e. The van der Waals surface area contributed by atoms with Crippen LogP contribution in [0.2, 0.25) is 0 Å². The smallest absolute Gasteiger partial charge is 0.135 e. The second-order valence-electron chi connectivity index (χ2n) is 3.47. The van der Waals surface area contributed by atoms with Gasteiger partial charge in [-0.25, -0.2) is 0 Å². The molecule has 0 fully saturated rings. The number of para-hydroxylation sites is 1. The maximum atomic E-state index is 9.46. The Hall–Kier alpha value is -2.16. The van der Waals surface area contributed by atoms with Crippen LogP contribution in [0.4, 0.5) is 5.69 Å². The van der Waals surface area contributed by atoms with Gasteiger partial charge in [-0.05, 0) is 18.2 Å². The molecule has 0 aromatic heterocycles. The van der Waals surface area contributed by atoms with E-state index in [2.05, 4.69) is 0 Å². The molecule has 1 aromatic rings. The summed E-state index contributed by atoms with van der Waals surface area (Å²) < 4.78 is 0. The van der Waals surface area contributed by atoms with E-state index in [0.717, 1.165) is 11.3 Å². The van der Waals surface area contributed by atoms with Gasteiger partial charge in [-0.3, -0.25) is 10.0 Å². The van der Waals surface area contributed by atoms with Crippen LogP contribution in [0.3, 0.4) is 0 Å². The van der Waals surface area contributed by atoms with Crippen molar-refractivity contribution in [3.05, 3.63) is 60.3 Å². The molecule has 0 atom stereocenters. The number of hydrogen-bond donors (Lipinski definition) is 1. The molecule has 2 heterocycles. The van der Waals surface area contributed by atoms with E-state index >= 15 is 0 Å². The number of fused-ring (bicyclic) bond motifs is 3. The van der Waals surface area contributed by atoms with E-state index < -0.39 is 0 Å². The van der Waals surface area contributed by atoms with Crippen LogP contribution in [-0.4, -0.2) is 10.1 Å². The molecule has 3 heteroatoms. The summed E-state index contributed by atoms with van der Waals surface area (Å²) in [5.41, 5.74) is 2.21. The maximum Gasteiger partial charge on any atom is 0.135 e. The summed E-state index contributed by atoms with van der Waals surface area (Å²) in [5.74, 6) is 0.261. The van der Waals surface area contributed by atoms with Crippen LogP contribution in [0.15, 0.2) is 54.7 Å². The van der Waals surface area contributed by atoms with Gasteiger partial charge in [0, 0.05) is 18.0 Å². The van der Waals surface area contributed by atoms with Gasteiger partial charge in [0.2, 0.25) is 0 Å². The Morgan fingerprint density at radius 2 is 1.80 bits per heavy atom. The van der Waals surface area contributed by atoms with Crippen LogP contribution in [0.5, 0.6) is 0 Å². The lowest BCUT2D eigenvalue weighted by Crippen LogP contribution is -2.34. The predicted molar refractivity (Wildman–Crippen MR) is 59.6 cm³/mol. The van der Waals surface area contributed by atoms with E-state index in [1.807, 2.05) is 52.8 Å². The first-order valence-corrected chi connectivity index (χ1v) is 4.78. The summed E-state index contributed by atoms with van der Waals surface area (Å²) in [5, 5.41) is 13.3. The van der Waals surface area contributed by atoms with Gasteiger partial charge in [-0.15, -0.1) is 0 Å². The third-order valence-electron chi connectivity index (χ3n) is 2.49. The van der Waals surface area contributed by atoms with Gasteiger partial charge >= 0.3 is 0 Å². The molecule has 74 valence electrons. The highest BCUT2D eigenvalue weighted by molar-refractivity contribution is 5.71. The van der Waals surface area contributed by atoms with Gasteiger partial charge in [0.05, 0.1) is 11.9 Å². The van der Waals surface area contributed by atoms with Gasteiger partial charge in [0.15, 0.2) is 0 Å². The normalized spacial score (nSPS) is 17.2. The number of aliphatic hydroxyl groups excluding tert-OH is 1. The summed E-state index contributed by atoms with van der Waals surface area (Å²) in [6.07, 6.45) is 9.19.